The molecule has 1 aliphatic heterocycles. The Morgan fingerprint density at radius 1 is 1.55 bits per heavy atom. The van der Waals surface area contributed by atoms with E-state index in [2.05, 4.69) is 10.3 Å². The van der Waals surface area contributed by atoms with Crippen molar-refractivity contribution in [2.45, 2.75) is 13.8 Å². The van der Waals surface area contributed by atoms with Gasteiger partial charge in [0.25, 0.3) is 0 Å². The lowest BCUT2D eigenvalue weighted by molar-refractivity contribution is -0.123. The number of nitrogens with zero attached hydrogens (tertiary/aromatic N) is 2. The molecule has 1 N–H and O–H groups in total. The van der Waals surface area contributed by atoms with Crippen LogP contribution in [0.5, 0.6) is 0 Å². The molecule has 1 aliphatic rings. The molecule has 1 aromatic rings. The molecule has 1 heterocycles. The van der Waals surface area contributed by atoms with Gasteiger partial charge in [0, 0.05) is 6.54 Å². The minimum atomic E-state index is -0.531. The molecule has 106 valence electrons. The molecule has 1 saturated heterocycles. The van der Waals surface area contributed by atoms with Crippen LogP contribution in [0.3, 0.4) is 0 Å². The Balaban J connectivity index is 2.15. The lowest BCUT2D eigenvalue weighted by atomic mass is 10.2. The van der Waals surface area contributed by atoms with Gasteiger partial charge >= 0.3 is 6.03 Å². The second-order valence-electron chi connectivity index (χ2n) is 4.18. The molecule has 20 heavy (non-hydrogen) atoms. The second-order valence-corrected chi connectivity index (χ2v) is 5.53. The summed E-state index contributed by atoms with van der Waals surface area (Å²) in [7, 11) is 0. The lowest BCUT2D eigenvalue weighted by Crippen LogP contribution is -2.30. The van der Waals surface area contributed by atoms with E-state index in [0.29, 0.717) is 28.2 Å². The van der Waals surface area contributed by atoms with Crippen LogP contribution < -0.4 is 5.32 Å². The van der Waals surface area contributed by atoms with Gasteiger partial charge in [-0.3, -0.25) is 9.69 Å². The fourth-order valence-electron chi connectivity index (χ4n) is 1.81. The topological polar surface area (TPSA) is 61.8 Å². The zero-order valence-corrected chi connectivity index (χ0v) is 12.7. The molecular formula is C13H14ClN3O2S. The fourth-order valence-corrected chi connectivity index (χ4v) is 3.02. The van der Waals surface area contributed by atoms with Gasteiger partial charge in [-0.25, -0.2) is 4.79 Å². The van der Waals surface area contributed by atoms with Gasteiger partial charge < -0.3 is 5.32 Å². The molecular weight excluding hydrogens is 298 g/mol. The predicted molar refractivity (Wildman–Crippen MR) is 82.5 cm³/mol. The number of carbonyl (C=O) groups excluding carboxylic acids is 2. The van der Waals surface area contributed by atoms with Crippen molar-refractivity contribution in [3.05, 3.63) is 28.8 Å². The highest BCUT2D eigenvalue weighted by molar-refractivity contribution is 8.15. The first-order valence-corrected chi connectivity index (χ1v) is 7.47. The largest absolute Gasteiger partial charge is 0.347 e. The van der Waals surface area contributed by atoms with E-state index in [-0.39, 0.29) is 5.91 Å². The molecule has 1 aromatic carbocycles. The first-order chi connectivity index (χ1) is 9.52. The quantitative estimate of drug-likeness (QED) is 0.912. The smallest absolute Gasteiger partial charge is 0.304 e. The summed E-state index contributed by atoms with van der Waals surface area (Å²) in [6.07, 6.45) is 0. The van der Waals surface area contributed by atoms with Crippen LogP contribution in [0.4, 0.5) is 10.5 Å². The van der Waals surface area contributed by atoms with Crippen molar-refractivity contribution in [1.82, 2.24) is 4.90 Å². The summed E-state index contributed by atoms with van der Waals surface area (Å²) in [6, 6.07) is 4.82. The third kappa shape index (κ3) is 3.13. The predicted octanol–water partition coefficient (Wildman–Crippen LogP) is 3.13. The molecule has 0 unspecified atom stereocenters. The number of halogens is 1. The number of nitrogens with one attached hydrogen (secondary N) is 1. The summed E-state index contributed by atoms with van der Waals surface area (Å²) in [5.41, 5.74) is 1.40. The highest BCUT2D eigenvalue weighted by Gasteiger charge is 2.27. The van der Waals surface area contributed by atoms with E-state index >= 15 is 0 Å². The van der Waals surface area contributed by atoms with E-state index in [9.17, 15) is 9.59 Å². The van der Waals surface area contributed by atoms with Crippen LogP contribution in [0.15, 0.2) is 23.2 Å². The first-order valence-electron chi connectivity index (χ1n) is 6.11. The van der Waals surface area contributed by atoms with Crippen molar-refractivity contribution in [1.29, 1.82) is 0 Å². The first kappa shape index (κ1) is 14.9. The van der Waals surface area contributed by atoms with Crippen molar-refractivity contribution >= 4 is 46.2 Å². The number of hydrogen-bond donors (Lipinski definition) is 1. The van der Waals surface area contributed by atoms with E-state index < -0.39 is 6.03 Å². The monoisotopic (exact) mass is 311 g/mol. The Labute approximate surface area is 126 Å². The molecule has 0 radical (unpaired) electrons. The van der Waals surface area contributed by atoms with E-state index in [4.69, 9.17) is 11.6 Å². The number of hydrogen-bond acceptors (Lipinski definition) is 3. The van der Waals surface area contributed by atoms with Gasteiger partial charge in [0.1, 0.15) is 0 Å². The van der Waals surface area contributed by atoms with Crippen LogP contribution in [0.2, 0.25) is 5.02 Å². The Hall–Kier alpha value is -1.53. The minimum Gasteiger partial charge on any atom is -0.304 e. The minimum absolute atomic E-state index is 0.0297. The molecule has 0 bridgehead atoms. The molecule has 2 rings (SSSR count). The number of aliphatic imine (C=N–C) groups is 1. The van der Waals surface area contributed by atoms with E-state index in [0.717, 1.165) is 5.56 Å². The van der Waals surface area contributed by atoms with Crippen LogP contribution in [0, 0.1) is 6.92 Å². The zero-order valence-electron chi connectivity index (χ0n) is 11.1. The highest BCUT2D eigenvalue weighted by Crippen LogP contribution is 2.26. The van der Waals surface area contributed by atoms with E-state index in [1.165, 1.54) is 16.7 Å². The number of rotatable bonds is 2. The number of benzene rings is 1. The Morgan fingerprint density at radius 2 is 2.30 bits per heavy atom. The molecule has 5 nitrogen and oxygen atoms in total. The van der Waals surface area contributed by atoms with Crippen LogP contribution in [-0.4, -0.2) is 34.3 Å². The van der Waals surface area contributed by atoms with Gasteiger partial charge in [0.15, 0.2) is 5.17 Å². The number of amides is 3. The molecule has 1 fully saturated rings. The molecule has 0 saturated carbocycles. The standard InChI is InChI=1S/C13H14ClN3O2S/c1-3-17-10(18)7-20-13(17)16-12(19)15-11-8(2)5-4-6-9(11)14/h4-6H,3,7H2,1-2H3,(H,15,19). The average molecular weight is 312 g/mol. The molecule has 0 atom stereocenters. The van der Waals surface area contributed by atoms with Crippen molar-refractivity contribution in [2.24, 2.45) is 4.99 Å². The lowest BCUT2D eigenvalue weighted by Gasteiger charge is -2.13. The normalized spacial score (nSPS) is 16.9. The van der Waals surface area contributed by atoms with Gasteiger partial charge in [-0.2, -0.15) is 4.99 Å². The molecule has 3 amide bonds. The van der Waals surface area contributed by atoms with Gasteiger partial charge in [0.2, 0.25) is 5.91 Å². The SMILES string of the molecule is CCN1C(=O)CSC1=NC(=O)Nc1c(C)cccc1Cl. The number of thioether (sulfide) groups is 1. The summed E-state index contributed by atoms with van der Waals surface area (Å²) in [4.78, 5) is 28.9. The third-order valence-electron chi connectivity index (χ3n) is 2.82. The second kappa shape index (κ2) is 6.28. The Kier molecular flexibility index (Phi) is 4.67. The van der Waals surface area contributed by atoms with Crippen molar-refractivity contribution in [3.8, 4) is 0 Å². The van der Waals surface area contributed by atoms with Gasteiger partial charge in [-0.05, 0) is 25.5 Å². The average Bonchev–Trinajstić information content (AvgIpc) is 2.74. The number of anilines is 1. The van der Waals surface area contributed by atoms with Gasteiger partial charge in [-0.1, -0.05) is 35.5 Å². The van der Waals surface area contributed by atoms with Crippen molar-refractivity contribution in [2.75, 3.05) is 17.6 Å². The number of carbonyl (C=O) groups is 2. The van der Waals surface area contributed by atoms with Crippen molar-refractivity contribution < 1.29 is 9.59 Å². The summed E-state index contributed by atoms with van der Waals surface area (Å²) < 4.78 is 0. The van der Waals surface area contributed by atoms with Crippen LogP contribution in [0.25, 0.3) is 0 Å². The van der Waals surface area contributed by atoms with Crippen LogP contribution in [-0.2, 0) is 4.79 Å². The summed E-state index contributed by atoms with van der Waals surface area (Å²) in [5, 5.41) is 3.54. The van der Waals surface area contributed by atoms with Gasteiger partial charge in [-0.15, -0.1) is 0 Å². The van der Waals surface area contributed by atoms with E-state index in [1.54, 1.807) is 6.07 Å². The number of amidine groups is 1. The summed E-state index contributed by atoms with van der Waals surface area (Å²) in [6.45, 7) is 4.19. The van der Waals surface area contributed by atoms with Crippen LogP contribution in [0.1, 0.15) is 12.5 Å². The van der Waals surface area contributed by atoms with Gasteiger partial charge in [0.05, 0.1) is 16.5 Å². The number of aryl methyl sites for hydroxylation is 1. The maximum Gasteiger partial charge on any atom is 0.347 e. The molecule has 0 aliphatic carbocycles. The highest BCUT2D eigenvalue weighted by atomic mass is 35.5. The zero-order chi connectivity index (χ0) is 14.7. The number of para-hydroxylation sites is 1. The summed E-state index contributed by atoms with van der Waals surface area (Å²) >= 11 is 7.30. The van der Waals surface area contributed by atoms with Crippen molar-refractivity contribution in [3.63, 3.8) is 0 Å². The maximum atomic E-state index is 11.9. The fraction of sp³-hybridized carbons (Fsp3) is 0.308. The van der Waals surface area contributed by atoms with Crippen LogP contribution >= 0.6 is 23.4 Å². The molecule has 0 spiro atoms. The Morgan fingerprint density at radius 3 is 2.95 bits per heavy atom. The maximum absolute atomic E-state index is 11.9. The van der Waals surface area contributed by atoms with E-state index in [1.807, 2.05) is 26.0 Å². The molecule has 7 heteroatoms. The Bertz CT molecular complexity index is 569. The summed E-state index contributed by atoms with van der Waals surface area (Å²) in [5.74, 6) is 0.295. The number of urea groups is 1. The third-order valence-corrected chi connectivity index (χ3v) is 4.10. The molecule has 0 aromatic heterocycles.